The van der Waals surface area contributed by atoms with Crippen molar-refractivity contribution in [2.24, 2.45) is 0 Å². The predicted molar refractivity (Wildman–Crippen MR) is 63.4 cm³/mol. The van der Waals surface area contributed by atoms with Crippen LogP contribution in [0.25, 0.3) is 0 Å². The number of rotatable bonds is 6. The Morgan fingerprint density at radius 3 is 2.06 bits per heavy atom. The Morgan fingerprint density at radius 2 is 1.76 bits per heavy atom. The maximum atomic E-state index is 11.7. The summed E-state index contributed by atoms with van der Waals surface area (Å²) in [5, 5.41) is 7.26. The molecule has 0 heterocycles. The molecule has 17 heavy (non-hydrogen) atoms. The van der Waals surface area contributed by atoms with Crippen molar-refractivity contribution in [1.82, 2.24) is 4.90 Å². The van der Waals surface area contributed by atoms with E-state index in [9.17, 15) is 18.0 Å². The first-order valence-corrected chi connectivity index (χ1v) is 7.05. The van der Waals surface area contributed by atoms with Crippen molar-refractivity contribution in [2.45, 2.75) is 38.5 Å². The number of carboxylic acids is 1. The highest BCUT2D eigenvalue weighted by atomic mass is 32.2. The summed E-state index contributed by atoms with van der Waals surface area (Å²) in [5.41, 5.74) is 0. The predicted octanol–water partition coefficient (Wildman–Crippen LogP) is 0.131. The molecule has 0 saturated heterocycles. The minimum Gasteiger partial charge on any atom is -0.480 e. The molecule has 0 aromatic carbocycles. The second kappa shape index (κ2) is 6.00. The smallest absolute Gasteiger partial charge is 0.321 e. The zero-order chi connectivity index (χ0) is 13.8. The summed E-state index contributed by atoms with van der Waals surface area (Å²) in [4.78, 5) is 23.6. The van der Waals surface area contributed by atoms with E-state index in [1.807, 2.05) is 0 Å². The second-order valence-corrected chi connectivity index (χ2v) is 6.32. The van der Waals surface area contributed by atoms with Crippen molar-refractivity contribution in [1.29, 1.82) is 0 Å². The quantitative estimate of drug-likeness (QED) is 0.737. The lowest BCUT2D eigenvalue weighted by Gasteiger charge is -2.22. The molecule has 0 aliphatic carbocycles. The van der Waals surface area contributed by atoms with E-state index in [4.69, 9.17) is 5.11 Å². The van der Waals surface area contributed by atoms with Crippen LogP contribution >= 0.6 is 0 Å². The third kappa shape index (κ3) is 4.33. The van der Waals surface area contributed by atoms with Crippen LogP contribution in [-0.2, 0) is 19.4 Å². The van der Waals surface area contributed by atoms with E-state index < -0.39 is 32.7 Å². The van der Waals surface area contributed by atoms with E-state index >= 15 is 0 Å². The summed E-state index contributed by atoms with van der Waals surface area (Å²) in [5.74, 6) is -2.75. The largest absolute Gasteiger partial charge is 0.480 e. The molecule has 6 nitrogen and oxygen atoms in total. The van der Waals surface area contributed by atoms with Crippen molar-refractivity contribution < 1.29 is 23.1 Å². The van der Waals surface area contributed by atoms with Crippen molar-refractivity contribution in [2.75, 3.05) is 12.8 Å². The molecule has 0 bridgehead atoms. The van der Waals surface area contributed by atoms with Gasteiger partial charge in [-0.05, 0) is 20.3 Å². The van der Waals surface area contributed by atoms with E-state index in [-0.39, 0.29) is 12.5 Å². The maximum absolute atomic E-state index is 11.7. The van der Waals surface area contributed by atoms with Gasteiger partial charge in [0.2, 0.25) is 5.91 Å². The molecule has 0 saturated carbocycles. The first-order valence-electron chi connectivity index (χ1n) is 5.33. The monoisotopic (exact) mass is 265 g/mol. The molecule has 0 fully saturated rings. The number of sulfone groups is 1. The Kier molecular flexibility index (Phi) is 5.60. The molecule has 1 unspecified atom stereocenters. The third-order valence-electron chi connectivity index (χ3n) is 2.57. The zero-order valence-corrected chi connectivity index (χ0v) is 11.3. The van der Waals surface area contributed by atoms with Gasteiger partial charge in [-0.15, -0.1) is 0 Å². The SMILES string of the molecule is CCC(C(=O)O)S(=O)(=O)CC(=O)N(C)C(C)C. The first-order chi connectivity index (χ1) is 7.63. The molecule has 100 valence electrons. The van der Waals surface area contributed by atoms with Crippen LogP contribution in [0, 0.1) is 0 Å². The molecule has 1 amide bonds. The summed E-state index contributed by atoms with van der Waals surface area (Å²) < 4.78 is 23.4. The van der Waals surface area contributed by atoms with Crippen LogP contribution in [0.1, 0.15) is 27.2 Å². The minimum atomic E-state index is -3.94. The lowest BCUT2D eigenvalue weighted by atomic mass is 10.3. The van der Waals surface area contributed by atoms with Crippen LogP contribution in [0.3, 0.4) is 0 Å². The first kappa shape index (κ1) is 15.9. The molecule has 0 aliphatic rings. The summed E-state index contributed by atoms with van der Waals surface area (Å²) in [7, 11) is -2.45. The molecule has 0 aliphatic heterocycles. The number of carbonyl (C=O) groups excluding carboxylic acids is 1. The highest BCUT2D eigenvalue weighted by Gasteiger charge is 2.33. The Labute approximate surface area is 102 Å². The van der Waals surface area contributed by atoms with E-state index in [1.54, 1.807) is 13.8 Å². The average Bonchev–Trinajstić information content (AvgIpc) is 2.15. The fourth-order valence-electron chi connectivity index (χ4n) is 1.24. The molecule has 7 heteroatoms. The lowest BCUT2D eigenvalue weighted by molar-refractivity contribution is -0.136. The van der Waals surface area contributed by atoms with Crippen LogP contribution in [0.2, 0.25) is 0 Å². The van der Waals surface area contributed by atoms with Gasteiger partial charge in [-0.2, -0.15) is 0 Å². The summed E-state index contributed by atoms with van der Waals surface area (Å²) in [6, 6.07) is -0.123. The van der Waals surface area contributed by atoms with Gasteiger partial charge < -0.3 is 10.0 Å². The fourth-order valence-corrected chi connectivity index (χ4v) is 2.81. The molecule has 1 N–H and O–H groups in total. The van der Waals surface area contributed by atoms with Crippen LogP contribution in [0.4, 0.5) is 0 Å². The van der Waals surface area contributed by atoms with E-state index in [2.05, 4.69) is 0 Å². The number of hydrogen-bond donors (Lipinski definition) is 1. The van der Waals surface area contributed by atoms with Gasteiger partial charge in [0.05, 0.1) is 0 Å². The molecular weight excluding hydrogens is 246 g/mol. The van der Waals surface area contributed by atoms with Gasteiger partial charge in [0.1, 0.15) is 5.75 Å². The van der Waals surface area contributed by atoms with Gasteiger partial charge in [0.25, 0.3) is 0 Å². The Morgan fingerprint density at radius 1 is 1.29 bits per heavy atom. The van der Waals surface area contributed by atoms with Gasteiger partial charge in [0, 0.05) is 13.1 Å². The second-order valence-electron chi connectivity index (χ2n) is 4.14. The van der Waals surface area contributed by atoms with Crippen molar-refractivity contribution in [3.05, 3.63) is 0 Å². The third-order valence-corrected chi connectivity index (χ3v) is 4.62. The van der Waals surface area contributed by atoms with Crippen LogP contribution in [0.5, 0.6) is 0 Å². The topological polar surface area (TPSA) is 91.7 Å². The Hall–Kier alpha value is -1.11. The summed E-state index contributed by atoms with van der Waals surface area (Å²) >= 11 is 0. The number of nitrogens with zero attached hydrogens (tertiary/aromatic N) is 1. The lowest BCUT2D eigenvalue weighted by Crippen LogP contribution is -2.41. The summed E-state index contributed by atoms with van der Waals surface area (Å²) in [6.07, 6.45) is -0.0453. The van der Waals surface area contributed by atoms with Crippen molar-refractivity contribution in [3.8, 4) is 0 Å². The van der Waals surface area contributed by atoms with Crippen LogP contribution < -0.4 is 0 Å². The number of hydrogen-bond acceptors (Lipinski definition) is 4. The number of amides is 1. The van der Waals surface area contributed by atoms with Gasteiger partial charge in [-0.1, -0.05) is 6.92 Å². The number of carboxylic acid groups (broad SMARTS) is 1. The van der Waals surface area contributed by atoms with Crippen molar-refractivity contribution >= 4 is 21.7 Å². The van der Waals surface area contributed by atoms with Gasteiger partial charge in [-0.3, -0.25) is 9.59 Å². The molecular formula is C10H19NO5S. The van der Waals surface area contributed by atoms with Crippen LogP contribution in [-0.4, -0.2) is 54.4 Å². The molecule has 1 atom stereocenters. The van der Waals surface area contributed by atoms with E-state index in [1.165, 1.54) is 18.9 Å². The standard InChI is InChI=1S/C10H19NO5S/c1-5-8(10(13)14)17(15,16)6-9(12)11(4)7(2)3/h7-8H,5-6H2,1-4H3,(H,13,14). The fraction of sp³-hybridized carbons (Fsp3) is 0.800. The maximum Gasteiger partial charge on any atom is 0.321 e. The van der Waals surface area contributed by atoms with Crippen molar-refractivity contribution in [3.63, 3.8) is 0 Å². The summed E-state index contributed by atoms with van der Waals surface area (Å²) in [6.45, 7) is 4.96. The molecule has 0 aromatic heterocycles. The highest BCUT2D eigenvalue weighted by Crippen LogP contribution is 2.09. The Bertz CT molecular complexity index is 388. The Balaban J connectivity index is 4.88. The molecule has 0 rings (SSSR count). The van der Waals surface area contributed by atoms with Gasteiger partial charge in [-0.25, -0.2) is 8.42 Å². The normalized spacial score (nSPS) is 13.5. The van der Waals surface area contributed by atoms with Crippen LogP contribution in [0.15, 0.2) is 0 Å². The average molecular weight is 265 g/mol. The molecule has 0 radical (unpaired) electrons. The zero-order valence-electron chi connectivity index (χ0n) is 10.5. The minimum absolute atomic E-state index is 0.0453. The molecule has 0 spiro atoms. The van der Waals surface area contributed by atoms with Gasteiger partial charge in [0.15, 0.2) is 15.1 Å². The van der Waals surface area contributed by atoms with E-state index in [0.717, 1.165) is 0 Å². The number of carbonyl (C=O) groups is 2. The highest BCUT2D eigenvalue weighted by molar-refractivity contribution is 7.93. The van der Waals surface area contributed by atoms with Gasteiger partial charge >= 0.3 is 5.97 Å². The number of aliphatic carboxylic acids is 1. The molecule has 0 aromatic rings. The van der Waals surface area contributed by atoms with E-state index in [0.29, 0.717) is 0 Å².